The molecule has 1 saturated carbocycles. The number of aryl methyl sites for hydroxylation is 1. The van der Waals surface area contributed by atoms with E-state index in [4.69, 9.17) is 5.84 Å². The molecule has 1 heterocycles. The van der Waals surface area contributed by atoms with Crippen LogP contribution in [-0.4, -0.2) is 20.8 Å². The molecule has 1 unspecified atom stereocenters. The van der Waals surface area contributed by atoms with Crippen molar-refractivity contribution in [1.82, 2.24) is 20.2 Å². The highest BCUT2D eigenvalue weighted by Crippen LogP contribution is 2.27. The third-order valence-corrected chi connectivity index (χ3v) is 3.64. The van der Waals surface area contributed by atoms with Crippen molar-refractivity contribution in [3.05, 3.63) is 12.2 Å². The zero-order chi connectivity index (χ0) is 11.4. The minimum atomic E-state index is 0.336. The molecule has 0 saturated heterocycles. The largest absolute Gasteiger partial charge is 0.271 e. The summed E-state index contributed by atoms with van der Waals surface area (Å²) in [5.41, 5.74) is 2.96. The Balaban J connectivity index is 1.97. The molecule has 1 aliphatic carbocycles. The smallest absolute Gasteiger partial charge is 0.138 e. The Kier molecular flexibility index (Phi) is 3.90. The van der Waals surface area contributed by atoms with Crippen molar-refractivity contribution in [2.75, 3.05) is 0 Å². The Bertz CT molecular complexity index is 316. The highest BCUT2D eigenvalue weighted by atomic mass is 15.3. The summed E-state index contributed by atoms with van der Waals surface area (Å²) in [6, 6.07) is 0.336. The standard InChI is InChI=1S/C11H21N5/c1-16-11(13-8-14-16)7-10(15-12)9-5-3-2-4-6-9/h8-10,15H,2-7,12H2,1H3. The van der Waals surface area contributed by atoms with Gasteiger partial charge in [-0.25, -0.2) is 4.98 Å². The third kappa shape index (κ3) is 2.59. The molecule has 1 fully saturated rings. The van der Waals surface area contributed by atoms with E-state index in [1.54, 1.807) is 6.33 Å². The maximum atomic E-state index is 5.66. The molecule has 1 aromatic rings. The lowest BCUT2D eigenvalue weighted by Crippen LogP contribution is -2.43. The third-order valence-electron chi connectivity index (χ3n) is 3.64. The van der Waals surface area contributed by atoms with Crippen LogP contribution in [-0.2, 0) is 13.5 Å². The van der Waals surface area contributed by atoms with Crippen molar-refractivity contribution in [3.8, 4) is 0 Å². The maximum absolute atomic E-state index is 5.66. The molecular formula is C11H21N5. The minimum Gasteiger partial charge on any atom is -0.271 e. The summed E-state index contributed by atoms with van der Waals surface area (Å²) in [6.07, 6.45) is 9.09. The normalized spacial score (nSPS) is 19.9. The molecule has 16 heavy (non-hydrogen) atoms. The summed E-state index contributed by atoms with van der Waals surface area (Å²) < 4.78 is 1.83. The molecular weight excluding hydrogens is 202 g/mol. The first-order valence-electron chi connectivity index (χ1n) is 6.10. The quantitative estimate of drug-likeness (QED) is 0.584. The van der Waals surface area contributed by atoms with Crippen LogP contribution < -0.4 is 11.3 Å². The number of rotatable bonds is 4. The van der Waals surface area contributed by atoms with E-state index in [0.717, 1.165) is 12.2 Å². The molecule has 0 aliphatic heterocycles. The van der Waals surface area contributed by atoms with Crippen LogP contribution in [0.15, 0.2) is 6.33 Å². The van der Waals surface area contributed by atoms with E-state index in [-0.39, 0.29) is 0 Å². The van der Waals surface area contributed by atoms with E-state index >= 15 is 0 Å². The molecule has 90 valence electrons. The molecule has 1 aromatic heterocycles. The molecule has 0 radical (unpaired) electrons. The van der Waals surface area contributed by atoms with Crippen LogP contribution in [0.2, 0.25) is 0 Å². The number of aromatic nitrogens is 3. The summed E-state index contributed by atoms with van der Waals surface area (Å²) in [7, 11) is 1.93. The van der Waals surface area contributed by atoms with Crippen LogP contribution in [0.5, 0.6) is 0 Å². The summed E-state index contributed by atoms with van der Waals surface area (Å²) >= 11 is 0. The number of hydrazine groups is 1. The van der Waals surface area contributed by atoms with Gasteiger partial charge in [0.05, 0.1) is 0 Å². The molecule has 1 atom stereocenters. The van der Waals surface area contributed by atoms with Gasteiger partial charge in [-0.1, -0.05) is 19.3 Å². The van der Waals surface area contributed by atoms with Crippen LogP contribution in [0.3, 0.4) is 0 Å². The van der Waals surface area contributed by atoms with E-state index in [0.29, 0.717) is 12.0 Å². The lowest BCUT2D eigenvalue weighted by molar-refractivity contribution is 0.265. The highest BCUT2D eigenvalue weighted by Gasteiger charge is 2.24. The van der Waals surface area contributed by atoms with Gasteiger partial charge < -0.3 is 0 Å². The van der Waals surface area contributed by atoms with Crippen LogP contribution in [0, 0.1) is 5.92 Å². The number of hydrogen-bond acceptors (Lipinski definition) is 4. The predicted octanol–water partition coefficient (Wildman–Crippen LogP) is 0.770. The van der Waals surface area contributed by atoms with Crippen molar-refractivity contribution in [2.45, 2.75) is 44.6 Å². The van der Waals surface area contributed by atoms with Crippen LogP contribution in [0.25, 0.3) is 0 Å². The molecule has 0 bridgehead atoms. The van der Waals surface area contributed by atoms with Gasteiger partial charge in [-0.15, -0.1) is 0 Å². The zero-order valence-corrected chi connectivity index (χ0v) is 9.89. The first-order chi connectivity index (χ1) is 7.81. The fraction of sp³-hybridized carbons (Fsp3) is 0.818. The lowest BCUT2D eigenvalue weighted by atomic mass is 9.83. The van der Waals surface area contributed by atoms with Gasteiger partial charge >= 0.3 is 0 Å². The van der Waals surface area contributed by atoms with Gasteiger partial charge in [0.1, 0.15) is 12.2 Å². The van der Waals surface area contributed by atoms with Crippen molar-refractivity contribution in [1.29, 1.82) is 0 Å². The highest BCUT2D eigenvalue weighted by molar-refractivity contribution is 4.91. The Morgan fingerprint density at radius 1 is 1.50 bits per heavy atom. The van der Waals surface area contributed by atoms with Gasteiger partial charge in [0.25, 0.3) is 0 Å². The molecule has 0 aromatic carbocycles. The van der Waals surface area contributed by atoms with Crippen LogP contribution in [0.4, 0.5) is 0 Å². The summed E-state index contributed by atoms with van der Waals surface area (Å²) in [4.78, 5) is 4.25. The summed E-state index contributed by atoms with van der Waals surface area (Å²) in [5, 5.41) is 4.09. The van der Waals surface area contributed by atoms with Crippen molar-refractivity contribution >= 4 is 0 Å². The number of nitrogens with two attached hydrogens (primary N) is 1. The Hall–Kier alpha value is -0.940. The van der Waals surface area contributed by atoms with E-state index in [2.05, 4.69) is 15.5 Å². The van der Waals surface area contributed by atoms with Crippen molar-refractivity contribution < 1.29 is 0 Å². The van der Waals surface area contributed by atoms with Gasteiger partial charge in [0, 0.05) is 19.5 Å². The van der Waals surface area contributed by atoms with E-state index in [1.807, 2.05) is 11.7 Å². The molecule has 5 nitrogen and oxygen atoms in total. The first-order valence-corrected chi connectivity index (χ1v) is 6.10. The molecule has 5 heteroatoms. The second-order valence-electron chi connectivity index (χ2n) is 4.68. The lowest BCUT2D eigenvalue weighted by Gasteiger charge is -2.29. The number of nitrogens with one attached hydrogen (secondary N) is 1. The van der Waals surface area contributed by atoms with Gasteiger partial charge in [0.2, 0.25) is 0 Å². The summed E-state index contributed by atoms with van der Waals surface area (Å²) in [5.74, 6) is 7.36. The topological polar surface area (TPSA) is 68.8 Å². The van der Waals surface area contributed by atoms with E-state index in [1.165, 1.54) is 32.1 Å². The fourth-order valence-electron chi connectivity index (χ4n) is 2.60. The van der Waals surface area contributed by atoms with Crippen LogP contribution >= 0.6 is 0 Å². The monoisotopic (exact) mass is 223 g/mol. The van der Waals surface area contributed by atoms with Gasteiger partial charge in [-0.3, -0.25) is 16.0 Å². The Morgan fingerprint density at radius 2 is 2.25 bits per heavy atom. The second kappa shape index (κ2) is 5.41. The summed E-state index contributed by atoms with van der Waals surface area (Å²) in [6.45, 7) is 0. The van der Waals surface area contributed by atoms with Gasteiger partial charge in [0.15, 0.2) is 0 Å². The molecule has 0 spiro atoms. The average molecular weight is 223 g/mol. The molecule has 2 rings (SSSR count). The predicted molar refractivity (Wildman–Crippen MR) is 62.4 cm³/mol. The van der Waals surface area contributed by atoms with Gasteiger partial charge in [-0.05, 0) is 18.8 Å². The maximum Gasteiger partial charge on any atom is 0.138 e. The zero-order valence-electron chi connectivity index (χ0n) is 9.89. The van der Waals surface area contributed by atoms with E-state index in [9.17, 15) is 0 Å². The Morgan fingerprint density at radius 3 is 2.81 bits per heavy atom. The van der Waals surface area contributed by atoms with Gasteiger partial charge in [-0.2, -0.15) is 5.10 Å². The minimum absolute atomic E-state index is 0.336. The first kappa shape index (κ1) is 11.5. The average Bonchev–Trinajstić information content (AvgIpc) is 2.73. The van der Waals surface area contributed by atoms with Crippen LogP contribution in [0.1, 0.15) is 37.9 Å². The molecule has 3 N–H and O–H groups in total. The molecule has 0 amide bonds. The van der Waals surface area contributed by atoms with E-state index < -0.39 is 0 Å². The Labute approximate surface area is 96.4 Å². The molecule has 1 aliphatic rings. The van der Waals surface area contributed by atoms with Crippen molar-refractivity contribution in [2.24, 2.45) is 18.8 Å². The fourth-order valence-corrected chi connectivity index (χ4v) is 2.60. The second-order valence-corrected chi connectivity index (χ2v) is 4.68. The van der Waals surface area contributed by atoms with Crippen molar-refractivity contribution in [3.63, 3.8) is 0 Å². The number of nitrogens with zero attached hydrogens (tertiary/aromatic N) is 3. The number of hydrogen-bond donors (Lipinski definition) is 2. The SMILES string of the molecule is Cn1ncnc1CC(NN)C1CCCCC1.